The van der Waals surface area contributed by atoms with E-state index in [2.05, 4.69) is 50.4 Å². The van der Waals surface area contributed by atoms with Crippen LogP contribution in [0.3, 0.4) is 0 Å². The van der Waals surface area contributed by atoms with Crippen molar-refractivity contribution in [3.05, 3.63) is 60.8 Å². The minimum absolute atomic E-state index is 0.0619. The van der Waals surface area contributed by atoms with E-state index < -0.39 is 18.2 Å². The highest BCUT2D eigenvalue weighted by Gasteiger charge is 2.24. The summed E-state index contributed by atoms with van der Waals surface area (Å²) in [6.07, 6.45) is 65.7. The van der Waals surface area contributed by atoms with E-state index in [1.54, 1.807) is 0 Å². The second-order valence-electron chi connectivity index (χ2n) is 19.1. The molecule has 0 rings (SSSR count). The number of rotatable bonds is 50. The fourth-order valence-corrected chi connectivity index (χ4v) is 8.51. The molecule has 0 fully saturated rings. The lowest BCUT2D eigenvalue weighted by molar-refractivity contribution is -0.151. The second kappa shape index (κ2) is 52.5. The first-order valence-corrected chi connectivity index (χ1v) is 28.1. The van der Waals surface area contributed by atoms with Crippen molar-refractivity contribution in [2.75, 3.05) is 6.61 Å². The van der Waals surface area contributed by atoms with E-state index in [-0.39, 0.29) is 24.9 Å². The van der Waals surface area contributed by atoms with Crippen LogP contribution in [-0.2, 0) is 14.3 Å². The van der Waals surface area contributed by atoms with E-state index in [1.807, 2.05) is 36.5 Å². The summed E-state index contributed by atoms with van der Waals surface area (Å²) >= 11 is 0. The predicted molar refractivity (Wildman–Crippen MR) is 282 cm³/mol. The Morgan fingerprint density at radius 1 is 0.462 bits per heavy atom. The lowest BCUT2D eigenvalue weighted by Crippen LogP contribution is -2.46. The predicted octanol–water partition coefficient (Wildman–Crippen LogP) is 17.2. The molecule has 3 atom stereocenters. The first kappa shape index (κ1) is 62.6. The van der Waals surface area contributed by atoms with Crippen LogP contribution in [0.5, 0.6) is 0 Å². The highest BCUT2D eigenvalue weighted by atomic mass is 16.5. The summed E-state index contributed by atoms with van der Waals surface area (Å²) in [5.41, 5.74) is 0. The Kier molecular flexibility index (Phi) is 50.6. The Hall–Kier alpha value is -2.44. The first-order chi connectivity index (χ1) is 32.0. The van der Waals surface area contributed by atoms with Gasteiger partial charge in [-0.15, -0.1) is 0 Å². The highest BCUT2D eigenvalue weighted by molar-refractivity contribution is 5.77. The van der Waals surface area contributed by atoms with Crippen molar-refractivity contribution in [1.82, 2.24) is 5.32 Å². The van der Waals surface area contributed by atoms with E-state index >= 15 is 0 Å². The maximum Gasteiger partial charge on any atom is 0.306 e. The first-order valence-electron chi connectivity index (χ1n) is 28.1. The number of carbonyl (C=O) groups excluding carboxylic acids is 2. The Bertz CT molecular complexity index is 1160. The Morgan fingerprint density at radius 3 is 1.25 bits per heavy atom. The van der Waals surface area contributed by atoms with Gasteiger partial charge in [-0.3, -0.25) is 9.59 Å². The molecule has 0 aliphatic carbocycles. The van der Waals surface area contributed by atoms with E-state index in [0.29, 0.717) is 19.3 Å². The molecule has 0 heterocycles. The maximum absolute atomic E-state index is 13.3. The van der Waals surface area contributed by atoms with Gasteiger partial charge in [0.05, 0.1) is 25.2 Å². The van der Waals surface area contributed by atoms with Gasteiger partial charge in [0.2, 0.25) is 5.91 Å². The number of hydrogen-bond acceptors (Lipinski definition) is 5. The van der Waals surface area contributed by atoms with Crippen LogP contribution in [0.2, 0.25) is 0 Å². The van der Waals surface area contributed by atoms with Gasteiger partial charge in [0, 0.05) is 6.42 Å². The van der Waals surface area contributed by atoms with Crippen LogP contribution < -0.4 is 5.32 Å². The van der Waals surface area contributed by atoms with Crippen LogP contribution >= 0.6 is 0 Å². The van der Waals surface area contributed by atoms with Gasteiger partial charge in [0.15, 0.2) is 0 Å². The number of unbranched alkanes of at least 4 members (excludes halogenated alkanes) is 32. The Morgan fingerprint density at radius 2 is 0.831 bits per heavy atom. The summed E-state index contributed by atoms with van der Waals surface area (Å²) in [4.78, 5) is 26.2. The monoisotopic (exact) mass is 910 g/mol. The third-order valence-electron chi connectivity index (χ3n) is 12.7. The molecular formula is C59H107NO5. The molecule has 0 spiro atoms. The number of nitrogens with one attached hydrogen (secondary N) is 1. The third kappa shape index (κ3) is 47.8. The summed E-state index contributed by atoms with van der Waals surface area (Å²) in [6.45, 7) is 6.36. The number of hydrogen-bond donors (Lipinski definition) is 3. The van der Waals surface area contributed by atoms with Gasteiger partial charge in [-0.05, 0) is 44.9 Å². The molecule has 0 saturated heterocycles. The van der Waals surface area contributed by atoms with Gasteiger partial charge in [0.25, 0.3) is 0 Å². The zero-order valence-electron chi connectivity index (χ0n) is 43.1. The summed E-state index contributed by atoms with van der Waals surface area (Å²) < 4.78 is 5.94. The molecule has 0 bridgehead atoms. The van der Waals surface area contributed by atoms with Crippen molar-refractivity contribution in [3.63, 3.8) is 0 Å². The number of carbonyl (C=O) groups is 2. The fourth-order valence-electron chi connectivity index (χ4n) is 8.51. The van der Waals surface area contributed by atoms with Crippen molar-refractivity contribution in [2.45, 2.75) is 296 Å². The highest BCUT2D eigenvalue weighted by Crippen LogP contribution is 2.19. The van der Waals surface area contributed by atoms with E-state index in [1.165, 1.54) is 161 Å². The average Bonchev–Trinajstić information content (AvgIpc) is 3.30. The van der Waals surface area contributed by atoms with Crippen molar-refractivity contribution >= 4 is 11.9 Å². The molecule has 0 aliphatic heterocycles. The zero-order chi connectivity index (χ0) is 47.4. The van der Waals surface area contributed by atoms with Gasteiger partial charge in [-0.25, -0.2) is 0 Å². The number of aliphatic hydroxyl groups is 2. The molecule has 0 aromatic carbocycles. The van der Waals surface area contributed by atoms with Crippen LogP contribution in [0.1, 0.15) is 278 Å². The van der Waals surface area contributed by atoms with E-state index in [0.717, 1.165) is 70.6 Å². The number of ether oxygens (including phenoxy) is 1. The molecule has 1 amide bonds. The minimum atomic E-state index is -0.796. The van der Waals surface area contributed by atoms with E-state index in [9.17, 15) is 19.8 Å². The second-order valence-corrected chi connectivity index (χ2v) is 19.1. The van der Waals surface area contributed by atoms with Crippen molar-refractivity contribution in [2.24, 2.45) is 0 Å². The molecule has 6 heteroatoms. The van der Waals surface area contributed by atoms with Crippen molar-refractivity contribution in [3.8, 4) is 0 Å². The molecular weight excluding hydrogens is 803 g/mol. The minimum Gasteiger partial charge on any atom is -0.462 e. The summed E-state index contributed by atoms with van der Waals surface area (Å²) in [7, 11) is 0. The third-order valence-corrected chi connectivity index (χ3v) is 12.7. The van der Waals surface area contributed by atoms with Gasteiger partial charge < -0.3 is 20.3 Å². The largest absolute Gasteiger partial charge is 0.462 e. The normalized spacial score (nSPS) is 13.6. The summed E-state index contributed by atoms with van der Waals surface area (Å²) in [6, 6.07) is -0.711. The lowest BCUT2D eigenvalue weighted by atomic mass is 10.0. The molecule has 0 saturated carbocycles. The number of amides is 1. The molecule has 0 aromatic heterocycles. The molecule has 65 heavy (non-hydrogen) atoms. The standard InChI is InChI=1S/C59H107NO5/c1-4-7-10-13-16-19-22-25-28-31-32-35-38-41-44-47-50-55(65-59(64)52-49-46-43-40-37-34-30-27-24-21-18-15-12-9-6-3)53-58(63)60-56(54-61)57(62)51-48-45-42-39-36-33-29-26-23-20-17-14-11-8-5-2/h9,12,15,18,21,24,27,30,34,37,55-57,61-62H,4-8,10-11,13-14,16-17,19-20,22-23,25-26,28-29,31-33,35-36,38-54H2,1-3H3,(H,60,63)/b12-9+,18-15+,24-21-,30-27-,37-34+. The van der Waals surface area contributed by atoms with Gasteiger partial charge in [-0.2, -0.15) is 0 Å². The van der Waals surface area contributed by atoms with Crippen LogP contribution in [0.25, 0.3) is 0 Å². The SMILES string of the molecule is CC/C=C/C=C/C=C\C=C/C=C/CCCCCC(=O)OC(CCCCCCCCCCCCCCCCCC)CC(=O)NC(CO)C(O)CCCCCCCCCCCCCCCCC. The zero-order valence-corrected chi connectivity index (χ0v) is 43.1. The number of allylic oxidation sites excluding steroid dienone is 10. The fraction of sp³-hybridized carbons (Fsp3) is 0.797. The lowest BCUT2D eigenvalue weighted by Gasteiger charge is -2.24. The maximum atomic E-state index is 13.3. The molecule has 0 radical (unpaired) electrons. The quantitative estimate of drug-likeness (QED) is 0.0321. The molecule has 0 aliphatic rings. The summed E-state index contributed by atoms with van der Waals surface area (Å²) in [5, 5.41) is 23.9. The number of aliphatic hydroxyl groups excluding tert-OH is 2. The van der Waals surface area contributed by atoms with Crippen LogP contribution in [0, 0.1) is 0 Å². The van der Waals surface area contributed by atoms with Gasteiger partial charge in [0.1, 0.15) is 6.10 Å². The van der Waals surface area contributed by atoms with Gasteiger partial charge in [-0.1, -0.05) is 281 Å². The summed E-state index contributed by atoms with van der Waals surface area (Å²) in [5.74, 6) is -0.512. The van der Waals surface area contributed by atoms with Crippen LogP contribution in [0.4, 0.5) is 0 Å². The smallest absolute Gasteiger partial charge is 0.306 e. The molecule has 3 N–H and O–H groups in total. The molecule has 3 unspecified atom stereocenters. The molecule has 0 aromatic rings. The number of esters is 1. The van der Waals surface area contributed by atoms with Crippen LogP contribution in [0.15, 0.2) is 60.8 Å². The topological polar surface area (TPSA) is 95.9 Å². The van der Waals surface area contributed by atoms with E-state index in [4.69, 9.17) is 4.74 Å². The van der Waals surface area contributed by atoms with Crippen molar-refractivity contribution in [1.29, 1.82) is 0 Å². The molecule has 6 nitrogen and oxygen atoms in total. The average molecular weight is 911 g/mol. The van der Waals surface area contributed by atoms with Crippen LogP contribution in [-0.4, -0.2) is 46.9 Å². The Balaban J connectivity index is 4.61. The van der Waals surface area contributed by atoms with Gasteiger partial charge >= 0.3 is 5.97 Å². The van der Waals surface area contributed by atoms with Crippen molar-refractivity contribution < 1.29 is 24.5 Å². The Labute approximate surface area is 403 Å². The molecule has 378 valence electrons.